The largest absolute Gasteiger partial charge is 0.377 e. The number of halogens is 2. The van der Waals surface area contributed by atoms with Crippen LogP contribution in [0, 0.1) is 22.6 Å². The van der Waals surface area contributed by atoms with Gasteiger partial charge < -0.3 is 9.64 Å². The molecule has 0 radical (unpaired) electrons. The van der Waals surface area contributed by atoms with Crippen LogP contribution in [-0.2, 0) is 16.1 Å². The minimum absolute atomic E-state index is 0.105. The number of ether oxygens (including phenoxy) is 1. The molecule has 19 heavy (non-hydrogen) atoms. The molecule has 0 unspecified atom stereocenters. The Morgan fingerprint density at radius 1 is 1.63 bits per heavy atom. The summed E-state index contributed by atoms with van der Waals surface area (Å²) in [4.78, 5) is 13.5. The molecule has 1 fully saturated rings. The Morgan fingerprint density at radius 3 is 2.84 bits per heavy atom. The third-order valence-electron chi connectivity index (χ3n) is 3.08. The minimum atomic E-state index is -1.10. The molecule has 0 N–H and O–H groups in total. The molecule has 0 aromatic heterocycles. The molecular weight excluding hydrogens is 315 g/mol. The molecule has 0 aliphatic carbocycles. The van der Waals surface area contributed by atoms with Crippen LogP contribution in [0.4, 0.5) is 4.39 Å². The van der Waals surface area contributed by atoms with Crippen molar-refractivity contribution < 1.29 is 13.9 Å². The van der Waals surface area contributed by atoms with E-state index in [0.29, 0.717) is 5.56 Å². The second-order valence-corrected chi connectivity index (χ2v) is 5.50. The van der Waals surface area contributed by atoms with Crippen LogP contribution in [0.1, 0.15) is 5.56 Å². The fourth-order valence-corrected chi connectivity index (χ4v) is 2.31. The van der Waals surface area contributed by atoms with E-state index in [1.54, 1.807) is 19.2 Å². The van der Waals surface area contributed by atoms with Gasteiger partial charge in [0.2, 0.25) is 5.91 Å². The molecule has 1 aliphatic heterocycles. The topological polar surface area (TPSA) is 53.3 Å². The second kappa shape index (κ2) is 5.27. The number of benzene rings is 1. The van der Waals surface area contributed by atoms with E-state index in [4.69, 9.17) is 10.00 Å². The minimum Gasteiger partial charge on any atom is -0.377 e. The molecule has 4 nitrogen and oxygen atoms in total. The SMILES string of the molecule is CN(Cc1cc(Br)ccc1F)C(=O)C1(C#N)COC1. The van der Waals surface area contributed by atoms with E-state index in [-0.39, 0.29) is 31.5 Å². The fourth-order valence-electron chi connectivity index (χ4n) is 1.90. The maximum absolute atomic E-state index is 13.6. The van der Waals surface area contributed by atoms with E-state index in [1.807, 2.05) is 6.07 Å². The van der Waals surface area contributed by atoms with Crippen molar-refractivity contribution in [3.05, 3.63) is 34.1 Å². The highest BCUT2D eigenvalue weighted by Crippen LogP contribution is 2.29. The van der Waals surface area contributed by atoms with Crippen molar-refractivity contribution in [1.82, 2.24) is 4.90 Å². The van der Waals surface area contributed by atoms with Gasteiger partial charge in [0.15, 0.2) is 5.41 Å². The van der Waals surface area contributed by atoms with Crippen LogP contribution < -0.4 is 0 Å². The lowest BCUT2D eigenvalue weighted by Gasteiger charge is -2.36. The molecule has 1 aromatic carbocycles. The summed E-state index contributed by atoms with van der Waals surface area (Å²) in [5.74, 6) is -0.709. The van der Waals surface area contributed by atoms with E-state index < -0.39 is 5.41 Å². The van der Waals surface area contributed by atoms with Crippen molar-refractivity contribution in [3.63, 3.8) is 0 Å². The van der Waals surface area contributed by atoms with Crippen LogP contribution in [-0.4, -0.2) is 31.1 Å². The molecule has 0 spiro atoms. The molecule has 1 aliphatic rings. The predicted molar refractivity (Wildman–Crippen MR) is 69.4 cm³/mol. The van der Waals surface area contributed by atoms with Crippen molar-refractivity contribution in [3.8, 4) is 6.07 Å². The zero-order valence-electron chi connectivity index (χ0n) is 10.3. The first-order chi connectivity index (χ1) is 8.98. The average Bonchev–Trinajstić information content (AvgIpc) is 2.33. The van der Waals surface area contributed by atoms with Gasteiger partial charge in [-0.1, -0.05) is 15.9 Å². The quantitative estimate of drug-likeness (QED) is 0.854. The van der Waals surface area contributed by atoms with Crippen molar-refractivity contribution in [2.24, 2.45) is 5.41 Å². The lowest BCUT2D eigenvalue weighted by atomic mass is 9.86. The molecule has 1 saturated heterocycles. The molecule has 0 atom stereocenters. The summed E-state index contributed by atoms with van der Waals surface area (Å²) in [6.07, 6.45) is 0. The lowest BCUT2D eigenvalue weighted by Crippen LogP contribution is -2.53. The average molecular weight is 327 g/mol. The van der Waals surface area contributed by atoms with Gasteiger partial charge in [0.05, 0.1) is 19.3 Å². The smallest absolute Gasteiger partial charge is 0.247 e. The van der Waals surface area contributed by atoms with E-state index in [1.165, 1.54) is 11.0 Å². The third kappa shape index (κ3) is 2.62. The molecule has 6 heteroatoms. The summed E-state index contributed by atoms with van der Waals surface area (Å²) in [6.45, 7) is 0.328. The van der Waals surface area contributed by atoms with Crippen LogP contribution >= 0.6 is 15.9 Å². The first-order valence-electron chi connectivity index (χ1n) is 5.67. The Balaban J connectivity index is 2.13. The number of amides is 1. The molecular formula is C13H12BrFN2O2. The van der Waals surface area contributed by atoms with Gasteiger partial charge in [-0.25, -0.2) is 4.39 Å². The molecule has 1 aromatic rings. The maximum Gasteiger partial charge on any atom is 0.247 e. The van der Waals surface area contributed by atoms with Crippen molar-refractivity contribution in [2.75, 3.05) is 20.3 Å². The summed E-state index contributed by atoms with van der Waals surface area (Å²) >= 11 is 3.26. The highest BCUT2D eigenvalue weighted by molar-refractivity contribution is 9.10. The van der Waals surface area contributed by atoms with Gasteiger partial charge in [-0.15, -0.1) is 0 Å². The lowest BCUT2D eigenvalue weighted by molar-refractivity contribution is -0.160. The number of nitriles is 1. The zero-order valence-corrected chi connectivity index (χ0v) is 11.9. The van der Waals surface area contributed by atoms with Crippen molar-refractivity contribution in [1.29, 1.82) is 5.26 Å². The van der Waals surface area contributed by atoms with E-state index in [9.17, 15) is 9.18 Å². The monoisotopic (exact) mass is 326 g/mol. The van der Waals surface area contributed by atoms with Gasteiger partial charge >= 0.3 is 0 Å². The van der Waals surface area contributed by atoms with Crippen molar-refractivity contribution >= 4 is 21.8 Å². The zero-order chi connectivity index (χ0) is 14.0. The molecule has 1 heterocycles. The van der Waals surface area contributed by atoms with E-state index >= 15 is 0 Å². The van der Waals surface area contributed by atoms with Gasteiger partial charge in [0.1, 0.15) is 5.82 Å². The standard InChI is InChI=1S/C13H12BrFN2O2/c1-17(12(18)13(6-16)7-19-8-13)5-9-4-10(14)2-3-11(9)15/h2-4H,5,7-8H2,1H3. The van der Waals surface area contributed by atoms with Gasteiger partial charge in [-0.05, 0) is 18.2 Å². The van der Waals surface area contributed by atoms with Gasteiger partial charge in [0, 0.05) is 23.6 Å². The summed E-state index contributed by atoms with van der Waals surface area (Å²) in [6, 6.07) is 6.54. The van der Waals surface area contributed by atoms with E-state index in [0.717, 1.165) is 4.47 Å². The van der Waals surface area contributed by atoms with Crippen LogP contribution in [0.3, 0.4) is 0 Å². The van der Waals surface area contributed by atoms with Crippen molar-refractivity contribution in [2.45, 2.75) is 6.54 Å². The number of nitrogens with zero attached hydrogens (tertiary/aromatic N) is 2. The summed E-state index contributed by atoms with van der Waals surface area (Å²) in [5.41, 5.74) is -0.699. The first kappa shape index (κ1) is 14.0. The Kier molecular flexibility index (Phi) is 3.88. The normalized spacial score (nSPS) is 16.3. The van der Waals surface area contributed by atoms with Gasteiger partial charge in [-0.3, -0.25) is 4.79 Å². The third-order valence-corrected chi connectivity index (χ3v) is 3.58. The fraction of sp³-hybridized carbons (Fsp3) is 0.385. The summed E-state index contributed by atoms with van der Waals surface area (Å²) < 4.78 is 19.3. The van der Waals surface area contributed by atoms with Gasteiger partial charge in [-0.2, -0.15) is 5.26 Å². The van der Waals surface area contributed by atoms with Crippen LogP contribution in [0.2, 0.25) is 0 Å². The number of carbonyl (C=O) groups excluding carboxylic acids is 1. The number of hydrogen-bond acceptors (Lipinski definition) is 3. The molecule has 100 valence electrons. The maximum atomic E-state index is 13.6. The van der Waals surface area contributed by atoms with E-state index in [2.05, 4.69) is 15.9 Å². The van der Waals surface area contributed by atoms with Crippen LogP contribution in [0.5, 0.6) is 0 Å². The number of hydrogen-bond donors (Lipinski definition) is 0. The summed E-state index contributed by atoms with van der Waals surface area (Å²) in [7, 11) is 1.56. The second-order valence-electron chi connectivity index (χ2n) is 4.58. The summed E-state index contributed by atoms with van der Waals surface area (Å²) in [5, 5.41) is 9.06. The predicted octanol–water partition coefficient (Wildman–Crippen LogP) is 2.09. The molecule has 1 amide bonds. The van der Waals surface area contributed by atoms with Crippen LogP contribution in [0.15, 0.2) is 22.7 Å². The van der Waals surface area contributed by atoms with Gasteiger partial charge in [0.25, 0.3) is 0 Å². The molecule has 2 rings (SSSR count). The Hall–Kier alpha value is -1.45. The Labute approximate surface area is 118 Å². The molecule has 0 bridgehead atoms. The number of carbonyl (C=O) groups is 1. The first-order valence-corrected chi connectivity index (χ1v) is 6.46. The number of rotatable bonds is 3. The van der Waals surface area contributed by atoms with Crippen LogP contribution in [0.25, 0.3) is 0 Å². The highest BCUT2D eigenvalue weighted by atomic mass is 79.9. The molecule has 0 saturated carbocycles. The Morgan fingerprint density at radius 2 is 2.32 bits per heavy atom. The highest BCUT2D eigenvalue weighted by Gasteiger charge is 2.48. The Bertz CT molecular complexity index is 552.